The summed E-state index contributed by atoms with van der Waals surface area (Å²) in [6.45, 7) is 0.727. The maximum absolute atomic E-state index is 13.1. The molecule has 1 atom stereocenters. The first-order chi connectivity index (χ1) is 7.66. The van der Waals surface area contributed by atoms with Crippen molar-refractivity contribution in [3.8, 4) is 0 Å². The van der Waals surface area contributed by atoms with Crippen LogP contribution in [0.3, 0.4) is 0 Å². The third kappa shape index (κ3) is 2.03. The minimum absolute atomic E-state index is 0. The van der Waals surface area contributed by atoms with Crippen LogP contribution in [0.5, 0.6) is 0 Å². The Hall–Kier alpha value is -1.13. The van der Waals surface area contributed by atoms with E-state index in [1.165, 1.54) is 25.0 Å². The van der Waals surface area contributed by atoms with E-state index in [0.29, 0.717) is 11.5 Å². The number of hydrogen-bond donors (Lipinski definition) is 1. The maximum atomic E-state index is 13.1. The normalized spacial score (nSPS) is 22.4. The van der Waals surface area contributed by atoms with Crippen molar-refractivity contribution in [2.45, 2.75) is 18.9 Å². The van der Waals surface area contributed by atoms with E-state index in [1.54, 1.807) is 11.0 Å². The Morgan fingerprint density at radius 2 is 2.12 bits per heavy atom. The summed E-state index contributed by atoms with van der Waals surface area (Å²) in [7, 11) is 0. The molecule has 3 rings (SSSR count). The number of fused-ring (bicyclic) bond motifs is 1. The van der Waals surface area contributed by atoms with Gasteiger partial charge in [-0.3, -0.25) is 4.79 Å². The molecule has 0 spiro atoms. The van der Waals surface area contributed by atoms with Crippen LogP contribution in [0.4, 0.5) is 10.1 Å². The van der Waals surface area contributed by atoms with E-state index in [0.717, 1.165) is 12.2 Å². The molecule has 1 saturated carbocycles. The second kappa shape index (κ2) is 4.27. The summed E-state index contributed by atoms with van der Waals surface area (Å²) in [5.41, 5.74) is 7.19. The quantitative estimate of drug-likeness (QED) is 0.880. The second-order valence-electron chi connectivity index (χ2n) is 4.57. The Morgan fingerprint density at radius 3 is 2.76 bits per heavy atom. The van der Waals surface area contributed by atoms with Gasteiger partial charge >= 0.3 is 0 Å². The van der Waals surface area contributed by atoms with Crippen LogP contribution in [-0.4, -0.2) is 12.5 Å². The highest BCUT2D eigenvalue weighted by atomic mass is 35.5. The highest BCUT2D eigenvalue weighted by Crippen LogP contribution is 2.39. The number of carbonyl (C=O) groups is 1. The molecule has 1 fully saturated rings. The molecule has 1 aromatic rings. The third-order valence-corrected chi connectivity index (χ3v) is 3.29. The average molecular weight is 257 g/mol. The number of hydrogen-bond acceptors (Lipinski definition) is 2. The molecule has 0 saturated heterocycles. The molecule has 1 unspecified atom stereocenters. The molecular weight excluding hydrogens is 243 g/mol. The van der Waals surface area contributed by atoms with Gasteiger partial charge in [0.15, 0.2) is 0 Å². The number of halogens is 2. The van der Waals surface area contributed by atoms with Crippen molar-refractivity contribution in [1.82, 2.24) is 0 Å². The van der Waals surface area contributed by atoms with Crippen molar-refractivity contribution in [3.05, 3.63) is 29.6 Å². The third-order valence-electron chi connectivity index (χ3n) is 3.29. The molecule has 1 amide bonds. The van der Waals surface area contributed by atoms with E-state index in [1.807, 2.05) is 0 Å². The number of amides is 1. The Morgan fingerprint density at radius 1 is 1.41 bits per heavy atom. The molecule has 0 radical (unpaired) electrons. The molecule has 1 aliphatic carbocycles. The number of rotatable bonds is 2. The molecule has 1 aliphatic heterocycles. The van der Waals surface area contributed by atoms with Crippen LogP contribution in [0.15, 0.2) is 18.2 Å². The van der Waals surface area contributed by atoms with E-state index in [4.69, 9.17) is 5.73 Å². The first-order valence-corrected chi connectivity index (χ1v) is 5.53. The Kier molecular flexibility index (Phi) is 3.10. The molecule has 3 nitrogen and oxygen atoms in total. The van der Waals surface area contributed by atoms with Gasteiger partial charge in [0.25, 0.3) is 0 Å². The topological polar surface area (TPSA) is 46.3 Å². The predicted octanol–water partition coefficient (Wildman–Crippen LogP) is 2.00. The molecule has 1 aromatic carbocycles. The number of nitrogens with zero attached hydrogens (tertiary/aromatic N) is 1. The molecule has 2 aliphatic rings. The molecular formula is C12H14ClFN2O. The zero-order valence-electron chi connectivity index (χ0n) is 9.23. The van der Waals surface area contributed by atoms with Crippen molar-refractivity contribution in [2.75, 3.05) is 11.4 Å². The highest BCUT2D eigenvalue weighted by molar-refractivity contribution is 6.04. The first kappa shape index (κ1) is 12.3. The van der Waals surface area contributed by atoms with E-state index < -0.39 is 6.04 Å². The molecule has 1 heterocycles. The maximum Gasteiger partial charge on any atom is 0.248 e. The van der Waals surface area contributed by atoms with Crippen molar-refractivity contribution in [2.24, 2.45) is 11.7 Å². The SMILES string of the molecule is Cl.NC1C(=O)N(CC2CC2)c2ccc(F)cc21. The molecule has 92 valence electrons. The lowest BCUT2D eigenvalue weighted by Gasteiger charge is -2.16. The fourth-order valence-electron chi connectivity index (χ4n) is 2.19. The van der Waals surface area contributed by atoms with Gasteiger partial charge in [0.1, 0.15) is 11.9 Å². The zero-order valence-corrected chi connectivity index (χ0v) is 10.0. The van der Waals surface area contributed by atoms with Crippen LogP contribution in [0.25, 0.3) is 0 Å². The number of nitrogens with two attached hydrogens (primary N) is 1. The molecule has 0 aromatic heterocycles. The zero-order chi connectivity index (χ0) is 11.3. The summed E-state index contributed by atoms with van der Waals surface area (Å²) in [5.74, 6) is 0.162. The number of anilines is 1. The van der Waals surface area contributed by atoms with Crippen molar-refractivity contribution < 1.29 is 9.18 Å². The van der Waals surface area contributed by atoms with Crippen LogP contribution in [0, 0.1) is 11.7 Å². The number of carbonyl (C=O) groups excluding carboxylic acids is 1. The van der Waals surface area contributed by atoms with Gasteiger partial charge in [0.05, 0.1) is 0 Å². The van der Waals surface area contributed by atoms with Crippen LogP contribution in [0.1, 0.15) is 24.4 Å². The molecule has 2 N–H and O–H groups in total. The summed E-state index contributed by atoms with van der Waals surface area (Å²) >= 11 is 0. The van der Waals surface area contributed by atoms with Gasteiger partial charge in [-0.05, 0) is 37.0 Å². The molecule has 17 heavy (non-hydrogen) atoms. The Bertz CT molecular complexity index is 462. The van der Waals surface area contributed by atoms with Crippen LogP contribution in [-0.2, 0) is 4.79 Å². The van der Waals surface area contributed by atoms with Gasteiger partial charge in [-0.1, -0.05) is 0 Å². The van der Waals surface area contributed by atoms with Gasteiger partial charge < -0.3 is 10.6 Å². The lowest BCUT2D eigenvalue weighted by molar-refractivity contribution is -0.119. The van der Waals surface area contributed by atoms with Crippen LogP contribution >= 0.6 is 12.4 Å². The van der Waals surface area contributed by atoms with Gasteiger partial charge in [-0.15, -0.1) is 12.4 Å². The fraction of sp³-hybridized carbons (Fsp3) is 0.417. The number of benzene rings is 1. The fourth-order valence-corrected chi connectivity index (χ4v) is 2.19. The predicted molar refractivity (Wildman–Crippen MR) is 65.7 cm³/mol. The minimum Gasteiger partial charge on any atom is -0.316 e. The standard InChI is InChI=1S/C12H13FN2O.ClH/c13-8-3-4-10-9(5-8)11(14)12(16)15(10)6-7-1-2-7;/h3-5,7,11H,1-2,6,14H2;1H. The Labute approximate surface area is 105 Å². The van der Waals surface area contributed by atoms with Gasteiger partial charge in [0.2, 0.25) is 5.91 Å². The summed E-state index contributed by atoms with van der Waals surface area (Å²) in [6, 6.07) is 3.71. The van der Waals surface area contributed by atoms with E-state index in [9.17, 15) is 9.18 Å². The minimum atomic E-state index is -0.690. The van der Waals surface area contributed by atoms with Gasteiger partial charge in [-0.25, -0.2) is 4.39 Å². The monoisotopic (exact) mass is 256 g/mol. The summed E-state index contributed by atoms with van der Waals surface area (Å²) in [5, 5.41) is 0. The van der Waals surface area contributed by atoms with E-state index in [2.05, 4.69) is 0 Å². The second-order valence-corrected chi connectivity index (χ2v) is 4.57. The van der Waals surface area contributed by atoms with Crippen LogP contribution < -0.4 is 10.6 Å². The average Bonchev–Trinajstić information content (AvgIpc) is 3.04. The smallest absolute Gasteiger partial charge is 0.248 e. The van der Waals surface area contributed by atoms with Crippen molar-refractivity contribution in [3.63, 3.8) is 0 Å². The largest absolute Gasteiger partial charge is 0.316 e. The molecule has 0 bridgehead atoms. The van der Waals surface area contributed by atoms with E-state index >= 15 is 0 Å². The molecule has 5 heteroatoms. The van der Waals surface area contributed by atoms with Gasteiger partial charge in [-0.2, -0.15) is 0 Å². The van der Waals surface area contributed by atoms with Crippen molar-refractivity contribution >= 4 is 24.0 Å². The summed E-state index contributed by atoms with van der Waals surface area (Å²) in [4.78, 5) is 13.6. The lowest BCUT2D eigenvalue weighted by Crippen LogP contribution is -2.33. The van der Waals surface area contributed by atoms with Crippen LogP contribution in [0.2, 0.25) is 0 Å². The summed E-state index contributed by atoms with van der Waals surface area (Å²) < 4.78 is 13.1. The highest BCUT2D eigenvalue weighted by Gasteiger charge is 2.37. The lowest BCUT2D eigenvalue weighted by atomic mass is 10.1. The Balaban J connectivity index is 0.00000108. The first-order valence-electron chi connectivity index (χ1n) is 5.53. The summed E-state index contributed by atoms with van der Waals surface area (Å²) in [6.07, 6.45) is 2.35. The van der Waals surface area contributed by atoms with E-state index in [-0.39, 0.29) is 24.1 Å². The van der Waals surface area contributed by atoms with Crippen molar-refractivity contribution in [1.29, 1.82) is 0 Å². The van der Waals surface area contributed by atoms with Gasteiger partial charge in [0, 0.05) is 17.8 Å².